The highest BCUT2D eigenvalue weighted by Crippen LogP contribution is 2.21. The summed E-state index contributed by atoms with van der Waals surface area (Å²) in [5, 5.41) is 0. The van der Waals surface area contributed by atoms with Crippen molar-refractivity contribution in [2.24, 2.45) is 0 Å². The zero-order chi connectivity index (χ0) is 17.9. The summed E-state index contributed by atoms with van der Waals surface area (Å²) in [6, 6.07) is 6.50. The zero-order valence-electron chi connectivity index (χ0n) is 14.1. The molecule has 0 aliphatic carbocycles. The minimum absolute atomic E-state index is 0.0160. The molecule has 7 nitrogen and oxygen atoms in total. The third-order valence-electron chi connectivity index (χ3n) is 4.21. The van der Waals surface area contributed by atoms with Crippen LogP contribution in [0.5, 0.6) is 5.75 Å². The van der Waals surface area contributed by atoms with Crippen molar-refractivity contribution >= 4 is 27.3 Å². The predicted octanol–water partition coefficient (Wildman–Crippen LogP) is 0.694. The fourth-order valence-corrected chi connectivity index (χ4v) is 4.45. The van der Waals surface area contributed by atoms with Crippen LogP contribution >= 0.6 is 0 Å². The Bertz CT molecular complexity index is 714. The number of hydrogen-bond acceptors (Lipinski definition) is 5. The number of rotatable bonds is 5. The van der Waals surface area contributed by atoms with Gasteiger partial charge in [0.05, 0.1) is 18.6 Å². The fraction of sp³-hybridized carbons (Fsp3) is 0.500. The first-order valence-electron chi connectivity index (χ1n) is 7.62. The van der Waals surface area contributed by atoms with Crippen molar-refractivity contribution in [2.45, 2.75) is 19.4 Å². The molecule has 1 unspecified atom stereocenters. The quantitative estimate of drug-likeness (QED) is 0.777. The lowest BCUT2D eigenvalue weighted by Gasteiger charge is -2.27. The van der Waals surface area contributed by atoms with Crippen LogP contribution in [0, 0.1) is 0 Å². The Kier molecular flexibility index (Phi) is 5.48. The fourth-order valence-electron chi connectivity index (χ4n) is 2.68. The van der Waals surface area contributed by atoms with E-state index in [4.69, 9.17) is 4.74 Å². The predicted molar refractivity (Wildman–Crippen MR) is 90.8 cm³/mol. The second kappa shape index (κ2) is 7.21. The molecule has 8 heteroatoms. The van der Waals surface area contributed by atoms with E-state index in [1.54, 1.807) is 38.4 Å². The van der Waals surface area contributed by atoms with Crippen LogP contribution in [0.4, 0.5) is 5.69 Å². The van der Waals surface area contributed by atoms with Crippen LogP contribution in [-0.2, 0) is 19.4 Å². The third-order valence-corrected chi connectivity index (χ3v) is 5.96. The van der Waals surface area contributed by atoms with Gasteiger partial charge in [-0.1, -0.05) is 0 Å². The molecule has 0 radical (unpaired) electrons. The molecule has 132 valence electrons. The first-order valence-corrected chi connectivity index (χ1v) is 9.44. The lowest BCUT2D eigenvalue weighted by atomic mass is 10.2. The normalized spacial score (nSPS) is 18.9. The molecule has 1 heterocycles. The lowest BCUT2D eigenvalue weighted by molar-refractivity contribution is -0.131. The van der Waals surface area contributed by atoms with Gasteiger partial charge in [-0.2, -0.15) is 0 Å². The maximum absolute atomic E-state index is 12.5. The number of carbonyl (C=O) groups excluding carboxylic acids is 2. The summed E-state index contributed by atoms with van der Waals surface area (Å²) in [4.78, 5) is 27.2. The number of nitrogens with zero attached hydrogens (tertiary/aromatic N) is 2. The summed E-state index contributed by atoms with van der Waals surface area (Å²) in [7, 11) is 0.0640. The molecule has 1 fully saturated rings. The summed E-state index contributed by atoms with van der Waals surface area (Å²) in [5.41, 5.74) is 0.587. The molecular formula is C16H22N2O5S. The van der Waals surface area contributed by atoms with Gasteiger partial charge in [-0.25, -0.2) is 8.42 Å². The molecule has 0 N–H and O–H groups in total. The van der Waals surface area contributed by atoms with Crippen molar-refractivity contribution in [1.82, 2.24) is 4.90 Å². The number of methoxy groups -OCH3 is 1. The molecule has 0 bridgehead atoms. The number of hydrogen-bond donors (Lipinski definition) is 0. The highest BCUT2D eigenvalue weighted by Gasteiger charge is 2.33. The van der Waals surface area contributed by atoms with E-state index in [1.807, 2.05) is 0 Å². The van der Waals surface area contributed by atoms with Gasteiger partial charge in [-0.15, -0.1) is 0 Å². The smallest absolute Gasteiger partial charge is 0.242 e. The van der Waals surface area contributed by atoms with Gasteiger partial charge in [0.15, 0.2) is 9.84 Å². The molecule has 1 aromatic carbocycles. The van der Waals surface area contributed by atoms with E-state index in [-0.39, 0.29) is 35.9 Å². The van der Waals surface area contributed by atoms with E-state index in [0.29, 0.717) is 17.9 Å². The maximum atomic E-state index is 12.5. The molecule has 1 atom stereocenters. The first-order chi connectivity index (χ1) is 11.2. The number of anilines is 1. The van der Waals surface area contributed by atoms with Crippen molar-refractivity contribution in [2.75, 3.05) is 37.1 Å². The van der Waals surface area contributed by atoms with Crippen LogP contribution in [0.1, 0.15) is 13.3 Å². The van der Waals surface area contributed by atoms with Crippen molar-refractivity contribution in [3.8, 4) is 5.75 Å². The number of likely N-dealkylation sites (N-methyl/N-ethyl adjacent to an activating group) is 1. The minimum Gasteiger partial charge on any atom is -0.497 e. The van der Waals surface area contributed by atoms with Gasteiger partial charge >= 0.3 is 0 Å². The molecule has 0 aromatic heterocycles. The highest BCUT2D eigenvalue weighted by molar-refractivity contribution is 7.91. The van der Waals surface area contributed by atoms with Gasteiger partial charge in [0, 0.05) is 25.7 Å². The van der Waals surface area contributed by atoms with Crippen molar-refractivity contribution < 1.29 is 22.7 Å². The van der Waals surface area contributed by atoms with Crippen LogP contribution in [-0.4, -0.2) is 63.4 Å². The average molecular weight is 354 g/mol. The maximum Gasteiger partial charge on any atom is 0.242 e. The summed E-state index contributed by atoms with van der Waals surface area (Å²) < 4.78 is 28.2. The standard InChI is InChI=1S/C16H22N2O5S/c1-12(19)18(13-4-6-15(23-3)7-5-13)10-16(20)17(2)14-8-9-24(21,22)11-14/h4-7,14H,8-11H2,1-3H3. The molecule has 2 rings (SSSR count). The summed E-state index contributed by atoms with van der Waals surface area (Å²) >= 11 is 0. The number of amides is 2. The van der Waals surface area contributed by atoms with Gasteiger partial charge in [-0.3, -0.25) is 9.59 Å². The van der Waals surface area contributed by atoms with E-state index < -0.39 is 9.84 Å². The topological polar surface area (TPSA) is 84.0 Å². The van der Waals surface area contributed by atoms with E-state index >= 15 is 0 Å². The Morgan fingerprint density at radius 2 is 1.88 bits per heavy atom. The van der Waals surface area contributed by atoms with Crippen LogP contribution in [0.2, 0.25) is 0 Å². The van der Waals surface area contributed by atoms with E-state index in [0.717, 1.165) is 0 Å². The molecule has 24 heavy (non-hydrogen) atoms. The molecule has 0 saturated carbocycles. The summed E-state index contributed by atoms with van der Waals surface area (Å²) in [5.74, 6) is 0.188. The zero-order valence-corrected chi connectivity index (χ0v) is 14.9. The molecular weight excluding hydrogens is 332 g/mol. The van der Waals surface area contributed by atoms with Gasteiger partial charge in [0.25, 0.3) is 0 Å². The van der Waals surface area contributed by atoms with Crippen molar-refractivity contribution in [3.05, 3.63) is 24.3 Å². The van der Waals surface area contributed by atoms with Gasteiger partial charge in [0.2, 0.25) is 11.8 Å². The monoisotopic (exact) mass is 354 g/mol. The second-order valence-corrected chi connectivity index (χ2v) is 8.09. The second-order valence-electron chi connectivity index (χ2n) is 5.86. The van der Waals surface area contributed by atoms with E-state index in [1.165, 1.54) is 16.7 Å². The molecule has 1 saturated heterocycles. The molecule has 1 aromatic rings. The van der Waals surface area contributed by atoms with Crippen LogP contribution in [0.3, 0.4) is 0 Å². The SMILES string of the molecule is COc1ccc(N(CC(=O)N(C)C2CCS(=O)(=O)C2)C(C)=O)cc1. The third kappa shape index (κ3) is 4.25. The van der Waals surface area contributed by atoms with Crippen LogP contribution in [0.25, 0.3) is 0 Å². The van der Waals surface area contributed by atoms with Gasteiger partial charge < -0.3 is 14.5 Å². The van der Waals surface area contributed by atoms with Crippen molar-refractivity contribution in [1.29, 1.82) is 0 Å². The lowest BCUT2D eigenvalue weighted by Crippen LogP contribution is -2.45. The Labute approximate surface area is 142 Å². The Hall–Kier alpha value is -2.09. The number of benzene rings is 1. The van der Waals surface area contributed by atoms with E-state index in [9.17, 15) is 18.0 Å². The number of sulfone groups is 1. The summed E-state index contributed by atoms with van der Waals surface area (Å²) in [6.45, 7) is 1.26. The summed E-state index contributed by atoms with van der Waals surface area (Å²) in [6.07, 6.45) is 0.438. The highest BCUT2D eigenvalue weighted by atomic mass is 32.2. The number of carbonyl (C=O) groups is 2. The first kappa shape index (κ1) is 18.3. The molecule has 1 aliphatic heterocycles. The minimum atomic E-state index is -3.07. The van der Waals surface area contributed by atoms with Gasteiger partial charge in [-0.05, 0) is 30.7 Å². The molecule has 0 spiro atoms. The molecule has 2 amide bonds. The average Bonchev–Trinajstić information content (AvgIpc) is 2.91. The Morgan fingerprint density at radius 3 is 2.33 bits per heavy atom. The van der Waals surface area contributed by atoms with Gasteiger partial charge in [0.1, 0.15) is 12.3 Å². The Morgan fingerprint density at radius 1 is 1.25 bits per heavy atom. The largest absolute Gasteiger partial charge is 0.497 e. The van der Waals surface area contributed by atoms with Crippen molar-refractivity contribution in [3.63, 3.8) is 0 Å². The molecule has 1 aliphatic rings. The number of ether oxygens (including phenoxy) is 1. The van der Waals surface area contributed by atoms with E-state index in [2.05, 4.69) is 0 Å². The Balaban J connectivity index is 2.09. The van der Waals surface area contributed by atoms with Crippen LogP contribution < -0.4 is 9.64 Å². The van der Waals surface area contributed by atoms with Crippen LogP contribution in [0.15, 0.2) is 24.3 Å².